The van der Waals surface area contributed by atoms with Crippen LogP contribution in [0.15, 0.2) is 18.2 Å². The second-order valence-electron chi connectivity index (χ2n) is 6.34. The number of carbonyl (C=O) groups excluding carboxylic acids is 1. The molecule has 2 rings (SSSR count). The Bertz CT molecular complexity index is 543. The second-order valence-corrected chi connectivity index (χ2v) is 6.34. The minimum atomic E-state index is -2.57. The molecule has 3 nitrogen and oxygen atoms in total. The Hall–Kier alpha value is -1.65. The quantitative estimate of drug-likeness (QED) is 0.788. The predicted molar refractivity (Wildman–Crippen MR) is 74.7 cm³/mol. The molecule has 1 aromatic rings. The highest BCUT2D eigenvalue weighted by atomic mass is 19.3. The Labute approximate surface area is 123 Å². The highest BCUT2D eigenvalue weighted by Crippen LogP contribution is 2.53. The molecule has 1 aliphatic carbocycles. The zero-order valence-corrected chi connectivity index (χ0v) is 12.7. The molecule has 1 aromatic carbocycles. The van der Waals surface area contributed by atoms with E-state index in [2.05, 4.69) is 0 Å². The first-order valence-corrected chi connectivity index (χ1v) is 6.89. The van der Waals surface area contributed by atoms with E-state index in [1.54, 1.807) is 26.8 Å². The van der Waals surface area contributed by atoms with Gasteiger partial charge in [0.1, 0.15) is 11.4 Å². The lowest BCUT2D eigenvalue weighted by Crippen LogP contribution is -2.32. The first-order valence-electron chi connectivity index (χ1n) is 6.89. The zero-order valence-electron chi connectivity index (χ0n) is 12.7. The number of carbonyl (C=O) groups is 1. The van der Waals surface area contributed by atoms with Crippen LogP contribution >= 0.6 is 0 Å². The number of ether oxygens (including phenoxy) is 2. The van der Waals surface area contributed by atoms with Gasteiger partial charge in [0, 0.05) is 11.1 Å². The largest absolute Gasteiger partial charge is 0.496 e. The summed E-state index contributed by atoms with van der Waals surface area (Å²) in [6.45, 7) is 5.41. The van der Waals surface area contributed by atoms with E-state index in [1.807, 2.05) is 0 Å². The van der Waals surface area contributed by atoms with Gasteiger partial charge >= 0.3 is 5.97 Å². The van der Waals surface area contributed by atoms with E-state index < -0.39 is 17.4 Å². The van der Waals surface area contributed by atoms with Crippen molar-refractivity contribution < 1.29 is 23.0 Å². The summed E-state index contributed by atoms with van der Waals surface area (Å²) in [5, 5.41) is 0. The molecule has 0 amide bonds. The molecule has 0 atom stereocenters. The van der Waals surface area contributed by atoms with Gasteiger partial charge in [0.15, 0.2) is 0 Å². The van der Waals surface area contributed by atoms with Crippen LogP contribution in [0.4, 0.5) is 8.78 Å². The van der Waals surface area contributed by atoms with Gasteiger partial charge in [-0.2, -0.15) is 0 Å². The van der Waals surface area contributed by atoms with E-state index in [1.165, 1.54) is 19.2 Å². The molecule has 0 saturated heterocycles. The molecule has 0 N–H and O–H groups in total. The van der Waals surface area contributed by atoms with E-state index in [9.17, 15) is 13.6 Å². The molecular weight excluding hydrogens is 278 g/mol. The first-order chi connectivity index (χ1) is 9.69. The summed E-state index contributed by atoms with van der Waals surface area (Å²) < 4.78 is 36.2. The molecule has 116 valence electrons. The Morgan fingerprint density at radius 1 is 1.29 bits per heavy atom. The molecule has 5 heteroatoms. The molecule has 0 aliphatic heterocycles. The zero-order chi connectivity index (χ0) is 15.8. The number of rotatable bonds is 4. The summed E-state index contributed by atoms with van der Waals surface area (Å²) in [7, 11) is 1.42. The summed E-state index contributed by atoms with van der Waals surface area (Å²) in [5.74, 6) is -0.00532. The SMILES string of the molecule is COc1cc(C(F)F)ccc1C1(C(=O)OC(C)(C)C)CC1. The third kappa shape index (κ3) is 3.17. The molecule has 0 bridgehead atoms. The van der Waals surface area contributed by atoms with Gasteiger partial charge in [-0.1, -0.05) is 12.1 Å². The van der Waals surface area contributed by atoms with Crippen LogP contribution in [0.3, 0.4) is 0 Å². The van der Waals surface area contributed by atoms with Gasteiger partial charge in [0.25, 0.3) is 6.43 Å². The maximum absolute atomic E-state index is 12.8. The number of halogens is 2. The van der Waals surface area contributed by atoms with Crippen molar-refractivity contribution in [3.63, 3.8) is 0 Å². The summed E-state index contributed by atoms with van der Waals surface area (Å²) in [5.41, 5.74) is -0.818. The lowest BCUT2D eigenvalue weighted by atomic mass is 9.93. The van der Waals surface area contributed by atoms with Crippen LogP contribution in [0.25, 0.3) is 0 Å². The van der Waals surface area contributed by atoms with Crippen molar-refractivity contribution >= 4 is 5.97 Å². The van der Waals surface area contributed by atoms with Crippen molar-refractivity contribution in [2.24, 2.45) is 0 Å². The summed E-state index contributed by atoms with van der Waals surface area (Å²) in [6, 6.07) is 4.19. The third-order valence-corrected chi connectivity index (χ3v) is 3.53. The fourth-order valence-corrected chi connectivity index (χ4v) is 2.32. The van der Waals surface area contributed by atoms with Gasteiger partial charge < -0.3 is 9.47 Å². The average Bonchev–Trinajstić information content (AvgIpc) is 3.17. The van der Waals surface area contributed by atoms with Crippen LogP contribution < -0.4 is 4.74 Å². The van der Waals surface area contributed by atoms with Gasteiger partial charge in [-0.05, 0) is 39.7 Å². The maximum Gasteiger partial charge on any atom is 0.317 e. The molecule has 1 saturated carbocycles. The van der Waals surface area contributed by atoms with Crippen molar-refractivity contribution in [1.82, 2.24) is 0 Å². The Morgan fingerprint density at radius 2 is 1.90 bits per heavy atom. The number of methoxy groups -OCH3 is 1. The minimum Gasteiger partial charge on any atom is -0.496 e. The summed E-state index contributed by atoms with van der Waals surface area (Å²) in [4.78, 5) is 12.4. The van der Waals surface area contributed by atoms with Crippen LogP contribution in [0, 0.1) is 0 Å². The Kier molecular flexibility index (Phi) is 3.95. The lowest BCUT2D eigenvalue weighted by molar-refractivity contribution is -0.158. The van der Waals surface area contributed by atoms with Crippen molar-refractivity contribution in [3.05, 3.63) is 29.3 Å². The first kappa shape index (κ1) is 15.7. The smallest absolute Gasteiger partial charge is 0.317 e. The fraction of sp³-hybridized carbons (Fsp3) is 0.562. The van der Waals surface area contributed by atoms with E-state index in [0.29, 0.717) is 24.2 Å². The lowest BCUT2D eigenvalue weighted by Gasteiger charge is -2.25. The third-order valence-electron chi connectivity index (χ3n) is 3.53. The van der Waals surface area contributed by atoms with Crippen LogP contribution in [-0.2, 0) is 14.9 Å². The molecule has 0 heterocycles. The van der Waals surface area contributed by atoms with Crippen molar-refractivity contribution in [2.45, 2.75) is 51.1 Å². The summed E-state index contributed by atoms with van der Waals surface area (Å²) in [6.07, 6.45) is -1.27. The number of benzene rings is 1. The maximum atomic E-state index is 12.8. The molecule has 0 radical (unpaired) electrons. The van der Waals surface area contributed by atoms with E-state index >= 15 is 0 Å². The predicted octanol–water partition coefficient (Wildman–Crippen LogP) is 4.01. The highest BCUT2D eigenvalue weighted by molar-refractivity contribution is 5.88. The van der Waals surface area contributed by atoms with Crippen LogP contribution in [0.5, 0.6) is 5.75 Å². The molecule has 0 aromatic heterocycles. The van der Waals surface area contributed by atoms with Gasteiger partial charge in [-0.15, -0.1) is 0 Å². The van der Waals surface area contributed by atoms with Crippen LogP contribution in [-0.4, -0.2) is 18.7 Å². The van der Waals surface area contributed by atoms with Gasteiger partial charge in [-0.3, -0.25) is 4.79 Å². The molecule has 1 aliphatic rings. The number of hydrogen-bond acceptors (Lipinski definition) is 3. The normalized spacial score (nSPS) is 16.7. The van der Waals surface area contributed by atoms with Crippen molar-refractivity contribution in [3.8, 4) is 5.75 Å². The summed E-state index contributed by atoms with van der Waals surface area (Å²) >= 11 is 0. The second kappa shape index (κ2) is 5.28. The average molecular weight is 298 g/mol. The molecule has 0 unspecified atom stereocenters. The van der Waals surface area contributed by atoms with E-state index in [-0.39, 0.29) is 11.5 Å². The minimum absolute atomic E-state index is 0.115. The van der Waals surface area contributed by atoms with Gasteiger partial charge in [0.2, 0.25) is 0 Å². The monoisotopic (exact) mass is 298 g/mol. The molecule has 21 heavy (non-hydrogen) atoms. The molecule has 0 spiro atoms. The van der Waals surface area contributed by atoms with Crippen molar-refractivity contribution in [2.75, 3.05) is 7.11 Å². The van der Waals surface area contributed by atoms with Gasteiger partial charge in [0.05, 0.1) is 12.5 Å². The van der Waals surface area contributed by atoms with Crippen molar-refractivity contribution in [1.29, 1.82) is 0 Å². The van der Waals surface area contributed by atoms with Crippen LogP contribution in [0.2, 0.25) is 0 Å². The van der Waals surface area contributed by atoms with E-state index in [0.717, 1.165) is 0 Å². The number of alkyl halides is 2. The number of hydrogen-bond donors (Lipinski definition) is 0. The highest BCUT2D eigenvalue weighted by Gasteiger charge is 2.55. The standard InChI is InChI=1S/C16H20F2O3/c1-15(2,3)21-14(19)16(7-8-16)11-6-5-10(13(17)18)9-12(11)20-4/h5-6,9,13H,7-8H2,1-4H3. The van der Waals surface area contributed by atoms with E-state index in [4.69, 9.17) is 9.47 Å². The molecule has 1 fully saturated rings. The topological polar surface area (TPSA) is 35.5 Å². The van der Waals surface area contributed by atoms with Crippen LogP contribution in [0.1, 0.15) is 51.2 Å². The van der Waals surface area contributed by atoms with Gasteiger partial charge in [-0.25, -0.2) is 8.78 Å². The fourth-order valence-electron chi connectivity index (χ4n) is 2.32. The number of esters is 1. The Balaban J connectivity index is 2.35. The Morgan fingerprint density at radius 3 is 2.33 bits per heavy atom. The molecular formula is C16H20F2O3.